The van der Waals surface area contributed by atoms with Crippen LogP contribution < -0.4 is 0 Å². The number of allylic oxidation sites excluding steroid dienone is 3. The van der Waals surface area contributed by atoms with Crippen molar-refractivity contribution in [3.8, 4) is 0 Å². The number of piperidine rings is 1. The molecular weight excluding hydrogens is 569 g/mol. The first-order chi connectivity index (χ1) is 19.7. The number of nitrogens with zero attached hydrogens (tertiary/aromatic N) is 2. The van der Waals surface area contributed by atoms with Gasteiger partial charge in [0.05, 0.1) is 36.5 Å². The summed E-state index contributed by atoms with van der Waals surface area (Å²) < 4.78 is 107. The van der Waals surface area contributed by atoms with Gasteiger partial charge in [0.2, 0.25) is 5.91 Å². The number of carbonyl (C=O) groups is 1. The molecule has 0 N–H and O–H groups in total. The lowest BCUT2D eigenvalue weighted by molar-refractivity contribution is -0.143. The number of rotatable bonds is 5. The van der Waals surface area contributed by atoms with Gasteiger partial charge in [0.25, 0.3) is 0 Å². The molecule has 3 unspecified atom stereocenters. The van der Waals surface area contributed by atoms with Crippen LogP contribution in [0.3, 0.4) is 0 Å². The van der Waals surface area contributed by atoms with Crippen molar-refractivity contribution >= 4 is 5.91 Å². The number of alkyl halides is 6. The number of ether oxygens (including phenoxy) is 2. The topological polar surface area (TPSA) is 42.0 Å². The highest BCUT2D eigenvalue weighted by Gasteiger charge is 2.49. The minimum atomic E-state index is -4.96. The Morgan fingerprint density at radius 3 is 2.24 bits per heavy atom. The highest BCUT2D eigenvalue weighted by atomic mass is 19.4. The van der Waals surface area contributed by atoms with E-state index in [0.29, 0.717) is 70.8 Å². The smallest absolute Gasteiger partial charge is 0.378 e. The fourth-order valence-electron chi connectivity index (χ4n) is 6.79. The summed E-state index contributed by atoms with van der Waals surface area (Å²) >= 11 is 0. The summed E-state index contributed by atoms with van der Waals surface area (Å²) in [6, 6.07) is 1.38. The second-order valence-electron chi connectivity index (χ2n) is 11.8. The van der Waals surface area contributed by atoms with Gasteiger partial charge in [-0.1, -0.05) is 18.6 Å². The quantitative estimate of drug-likeness (QED) is 0.357. The van der Waals surface area contributed by atoms with Gasteiger partial charge in [-0.2, -0.15) is 26.3 Å². The van der Waals surface area contributed by atoms with Crippen LogP contribution in [-0.4, -0.2) is 67.2 Å². The lowest BCUT2D eigenvalue weighted by Gasteiger charge is -2.40. The Hall–Kier alpha value is -2.44. The highest BCUT2D eigenvalue weighted by Crippen LogP contribution is 2.45. The molecule has 1 aromatic carbocycles. The van der Waals surface area contributed by atoms with E-state index in [9.17, 15) is 35.5 Å². The van der Waals surface area contributed by atoms with Gasteiger partial charge in [-0.05, 0) is 62.6 Å². The van der Waals surface area contributed by atoms with E-state index >= 15 is 0 Å². The van der Waals surface area contributed by atoms with Crippen LogP contribution in [0.2, 0.25) is 0 Å². The lowest BCUT2D eigenvalue weighted by Crippen LogP contribution is -2.49. The van der Waals surface area contributed by atoms with Crippen molar-refractivity contribution in [3.05, 3.63) is 58.4 Å². The maximum Gasteiger partial charge on any atom is 0.416 e. The van der Waals surface area contributed by atoms with E-state index in [4.69, 9.17) is 9.47 Å². The zero-order valence-corrected chi connectivity index (χ0v) is 23.5. The van der Waals surface area contributed by atoms with Gasteiger partial charge in [-0.25, -0.2) is 4.39 Å². The molecule has 6 atom stereocenters. The highest BCUT2D eigenvalue weighted by molar-refractivity contribution is 5.79. The summed E-state index contributed by atoms with van der Waals surface area (Å²) in [5.41, 5.74) is -2.10. The molecule has 0 saturated carbocycles. The van der Waals surface area contributed by atoms with Crippen LogP contribution in [0.4, 0.5) is 30.7 Å². The molecule has 5 nitrogen and oxygen atoms in total. The van der Waals surface area contributed by atoms with Crippen molar-refractivity contribution in [2.45, 2.75) is 63.7 Å². The van der Waals surface area contributed by atoms with Gasteiger partial charge in [-0.15, -0.1) is 0 Å². The molecule has 3 fully saturated rings. The molecule has 3 aliphatic heterocycles. The van der Waals surface area contributed by atoms with Crippen LogP contribution in [0.15, 0.2) is 41.8 Å². The molecule has 4 aliphatic rings. The number of halogens is 7. The average molecular weight is 605 g/mol. The van der Waals surface area contributed by atoms with Crippen LogP contribution in [0.25, 0.3) is 0 Å². The van der Waals surface area contributed by atoms with Crippen molar-refractivity contribution in [2.75, 3.05) is 39.4 Å². The van der Waals surface area contributed by atoms with Crippen molar-refractivity contribution in [1.29, 1.82) is 0 Å². The molecule has 232 valence electrons. The summed E-state index contributed by atoms with van der Waals surface area (Å²) in [7, 11) is 0. The van der Waals surface area contributed by atoms with Crippen LogP contribution in [0.1, 0.15) is 55.9 Å². The second kappa shape index (κ2) is 11.9. The van der Waals surface area contributed by atoms with E-state index in [-0.39, 0.29) is 47.2 Å². The minimum absolute atomic E-state index is 0.0648. The molecule has 12 heteroatoms. The summed E-state index contributed by atoms with van der Waals surface area (Å²) in [6.07, 6.45) is -6.88. The van der Waals surface area contributed by atoms with Crippen LogP contribution in [0, 0.1) is 17.8 Å². The molecule has 1 aliphatic carbocycles. The van der Waals surface area contributed by atoms with Gasteiger partial charge < -0.3 is 14.4 Å². The number of benzene rings is 1. The number of amides is 1. The third-order valence-electron chi connectivity index (χ3n) is 9.02. The van der Waals surface area contributed by atoms with Gasteiger partial charge in [0.1, 0.15) is 5.83 Å². The van der Waals surface area contributed by atoms with Crippen LogP contribution >= 0.6 is 0 Å². The van der Waals surface area contributed by atoms with E-state index in [1.165, 1.54) is 13.0 Å². The fraction of sp³-hybridized carbons (Fsp3) is 0.633. The van der Waals surface area contributed by atoms with Crippen molar-refractivity contribution in [1.82, 2.24) is 9.80 Å². The predicted molar refractivity (Wildman–Crippen MR) is 140 cm³/mol. The number of hydrogen-bond donors (Lipinski definition) is 0. The Morgan fingerprint density at radius 1 is 1.00 bits per heavy atom. The van der Waals surface area contributed by atoms with Crippen molar-refractivity contribution in [3.63, 3.8) is 0 Å². The van der Waals surface area contributed by atoms with E-state index in [0.717, 1.165) is 5.57 Å². The summed E-state index contributed by atoms with van der Waals surface area (Å²) in [5, 5.41) is 0. The third kappa shape index (κ3) is 6.55. The Morgan fingerprint density at radius 2 is 1.64 bits per heavy atom. The Kier molecular flexibility index (Phi) is 8.80. The SMILES string of the molecule is CC1CC(C2[C@@H](O[C@H](C)c3cc(C(F)(F)F)cc(C(F)(F)F)c3)CN3CCC(C(=O)N4CCOCC4)C[C@@H]23)=CC=C1F. The zero-order valence-electron chi connectivity index (χ0n) is 23.5. The molecule has 42 heavy (non-hydrogen) atoms. The van der Waals surface area contributed by atoms with Gasteiger partial charge >= 0.3 is 12.4 Å². The number of fused-ring (bicyclic) bond motifs is 1. The molecule has 5 rings (SSSR count). The Labute approximate surface area is 240 Å². The average Bonchev–Trinajstić information content (AvgIpc) is 3.30. The first-order valence-electron chi connectivity index (χ1n) is 14.3. The number of morpholine rings is 1. The standard InChI is InChI=1S/C30H35F7N2O3/c1-17-11-19(3-4-24(17)31)27-25-14-20(28(40)38-7-9-41-10-8-38)5-6-39(25)16-26(27)42-18(2)21-12-22(29(32,33)34)15-23(13-21)30(35,36)37/h3-4,12-13,15,17-18,20,25-27H,5-11,14,16H2,1-2H3/t17?,18-,20?,25+,26+,27?/m1/s1. The Balaban J connectivity index is 1.42. The first kappa shape index (κ1) is 31.0. The molecule has 0 radical (unpaired) electrons. The van der Waals surface area contributed by atoms with Crippen molar-refractivity contribution < 1.29 is 45.0 Å². The molecule has 3 heterocycles. The van der Waals surface area contributed by atoms with Gasteiger partial charge in [-0.3, -0.25) is 9.69 Å². The molecule has 1 amide bonds. The normalized spacial score (nSPS) is 30.0. The minimum Gasteiger partial charge on any atom is -0.378 e. The molecule has 1 aromatic rings. The fourth-order valence-corrected chi connectivity index (χ4v) is 6.79. The number of hydrogen-bond acceptors (Lipinski definition) is 4. The summed E-state index contributed by atoms with van der Waals surface area (Å²) in [4.78, 5) is 17.4. The van der Waals surface area contributed by atoms with Crippen LogP contribution in [0.5, 0.6) is 0 Å². The van der Waals surface area contributed by atoms with E-state index in [2.05, 4.69) is 4.90 Å². The lowest BCUT2D eigenvalue weighted by atomic mass is 9.77. The number of carbonyl (C=O) groups excluding carboxylic acids is 1. The molecule has 0 aromatic heterocycles. The summed E-state index contributed by atoms with van der Waals surface area (Å²) in [5.74, 6) is -1.09. The van der Waals surface area contributed by atoms with E-state index in [1.54, 1.807) is 13.0 Å². The third-order valence-corrected chi connectivity index (χ3v) is 9.02. The van der Waals surface area contributed by atoms with Gasteiger partial charge in [0.15, 0.2) is 0 Å². The first-order valence-corrected chi connectivity index (χ1v) is 14.3. The zero-order chi connectivity index (χ0) is 30.4. The monoisotopic (exact) mass is 604 g/mol. The summed E-state index contributed by atoms with van der Waals surface area (Å²) in [6.45, 7) is 6.24. The molecule has 0 spiro atoms. The largest absolute Gasteiger partial charge is 0.416 e. The second-order valence-corrected chi connectivity index (χ2v) is 11.8. The maximum absolute atomic E-state index is 14.3. The van der Waals surface area contributed by atoms with E-state index < -0.39 is 35.7 Å². The molecule has 0 bridgehead atoms. The Bertz CT molecular complexity index is 1190. The predicted octanol–water partition coefficient (Wildman–Crippen LogP) is 6.56. The maximum atomic E-state index is 14.3. The van der Waals surface area contributed by atoms with Crippen molar-refractivity contribution in [2.24, 2.45) is 17.8 Å². The van der Waals surface area contributed by atoms with Crippen LogP contribution in [-0.2, 0) is 26.6 Å². The molecule has 3 saturated heterocycles. The van der Waals surface area contributed by atoms with Gasteiger partial charge in [0, 0.05) is 43.4 Å². The molecular formula is C30H35F7N2O3. The van der Waals surface area contributed by atoms with E-state index in [1.807, 2.05) is 4.90 Å².